The van der Waals surface area contributed by atoms with E-state index < -0.39 is 0 Å². The minimum atomic E-state index is -0.368. The van der Waals surface area contributed by atoms with Gasteiger partial charge in [0.05, 0.1) is 0 Å². The molecular weight excluding hydrogens is 209 g/mol. The van der Waals surface area contributed by atoms with Gasteiger partial charge in [-0.15, -0.1) is 10.2 Å². The van der Waals surface area contributed by atoms with Crippen LogP contribution in [0.25, 0.3) is 0 Å². The van der Waals surface area contributed by atoms with Gasteiger partial charge in [0.1, 0.15) is 12.9 Å². The summed E-state index contributed by atoms with van der Waals surface area (Å²) in [6.45, 7) is 2.09. The van der Waals surface area contributed by atoms with Gasteiger partial charge in [-0.1, -0.05) is 6.07 Å². The number of nitrogens with zero attached hydrogens (tertiary/aromatic N) is 3. The van der Waals surface area contributed by atoms with Gasteiger partial charge in [-0.05, 0) is 24.6 Å². The average molecular weight is 221 g/mol. The highest BCUT2D eigenvalue weighted by Gasteiger charge is 2.06. The predicted octanol–water partition coefficient (Wildman–Crippen LogP) is 1.84. The smallest absolute Gasteiger partial charge is 0.170 e. The number of aryl methyl sites for hydroxylation is 2. The van der Waals surface area contributed by atoms with Crippen LogP contribution < -0.4 is 4.74 Å². The van der Waals surface area contributed by atoms with Gasteiger partial charge in [0.15, 0.2) is 17.4 Å². The maximum absolute atomic E-state index is 13.3. The third-order valence-electron chi connectivity index (χ3n) is 2.25. The fourth-order valence-corrected chi connectivity index (χ4v) is 1.30. The van der Waals surface area contributed by atoms with Crippen molar-refractivity contribution in [3.8, 4) is 5.75 Å². The summed E-state index contributed by atoms with van der Waals surface area (Å²) in [6.07, 6.45) is 1.57. The van der Waals surface area contributed by atoms with Crippen molar-refractivity contribution < 1.29 is 9.13 Å². The van der Waals surface area contributed by atoms with E-state index in [-0.39, 0.29) is 18.2 Å². The quantitative estimate of drug-likeness (QED) is 0.794. The summed E-state index contributed by atoms with van der Waals surface area (Å²) in [4.78, 5) is 0. The van der Waals surface area contributed by atoms with Crippen molar-refractivity contribution in [3.05, 3.63) is 41.7 Å². The molecule has 0 unspecified atom stereocenters. The number of ether oxygens (including phenoxy) is 1. The maximum atomic E-state index is 13.3. The van der Waals surface area contributed by atoms with Crippen LogP contribution in [0.2, 0.25) is 0 Å². The second-order valence-corrected chi connectivity index (χ2v) is 3.58. The predicted molar refractivity (Wildman–Crippen MR) is 56.5 cm³/mol. The Kier molecular flexibility index (Phi) is 2.85. The largest absolute Gasteiger partial charge is 0.483 e. The molecule has 5 heteroatoms. The Labute approximate surface area is 92.7 Å². The Morgan fingerprint density at radius 2 is 2.25 bits per heavy atom. The van der Waals surface area contributed by atoms with Gasteiger partial charge in [0.25, 0.3) is 0 Å². The number of halogens is 1. The van der Waals surface area contributed by atoms with Crippen LogP contribution >= 0.6 is 0 Å². The summed E-state index contributed by atoms with van der Waals surface area (Å²) < 4.78 is 20.4. The summed E-state index contributed by atoms with van der Waals surface area (Å²) in [7, 11) is 1.81. The van der Waals surface area contributed by atoms with E-state index in [1.165, 1.54) is 6.07 Å². The molecule has 0 amide bonds. The minimum Gasteiger partial charge on any atom is -0.483 e. The van der Waals surface area contributed by atoms with Crippen LogP contribution in [0.1, 0.15) is 11.4 Å². The van der Waals surface area contributed by atoms with E-state index in [1.807, 2.05) is 14.0 Å². The molecule has 0 fully saturated rings. The minimum absolute atomic E-state index is 0.205. The molecule has 0 radical (unpaired) electrons. The molecule has 0 aliphatic heterocycles. The topological polar surface area (TPSA) is 39.9 Å². The Balaban J connectivity index is 2.10. The highest BCUT2D eigenvalue weighted by molar-refractivity contribution is 5.29. The molecule has 0 aliphatic carbocycles. The van der Waals surface area contributed by atoms with E-state index in [0.29, 0.717) is 5.82 Å². The zero-order chi connectivity index (χ0) is 11.5. The first-order valence-electron chi connectivity index (χ1n) is 4.88. The van der Waals surface area contributed by atoms with E-state index >= 15 is 0 Å². The van der Waals surface area contributed by atoms with Gasteiger partial charge in [-0.25, -0.2) is 4.39 Å². The summed E-state index contributed by atoms with van der Waals surface area (Å²) in [6, 6.07) is 4.75. The van der Waals surface area contributed by atoms with Crippen molar-refractivity contribution in [2.45, 2.75) is 13.5 Å². The molecule has 84 valence electrons. The highest BCUT2D eigenvalue weighted by atomic mass is 19.1. The zero-order valence-corrected chi connectivity index (χ0v) is 9.14. The van der Waals surface area contributed by atoms with E-state index in [9.17, 15) is 4.39 Å². The van der Waals surface area contributed by atoms with Crippen LogP contribution in [0.3, 0.4) is 0 Å². The van der Waals surface area contributed by atoms with Gasteiger partial charge in [0.2, 0.25) is 0 Å². The summed E-state index contributed by atoms with van der Waals surface area (Å²) in [5, 5.41) is 7.56. The van der Waals surface area contributed by atoms with Gasteiger partial charge in [0, 0.05) is 7.05 Å². The van der Waals surface area contributed by atoms with Crippen molar-refractivity contribution in [1.29, 1.82) is 0 Å². The van der Waals surface area contributed by atoms with Crippen molar-refractivity contribution in [1.82, 2.24) is 14.8 Å². The van der Waals surface area contributed by atoms with Gasteiger partial charge >= 0.3 is 0 Å². The van der Waals surface area contributed by atoms with E-state index in [0.717, 1.165) is 5.56 Å². The molecule has 4 nitrogen and oxygen atoms in total. The molecule has 0 bridgehead atoms. The summed E-state index contributed by atoms with van der Waals surface area (Å²) in [5.74, 6) is 0.525. The normalized spacial score (nSPS) is 10.4. The number of benzene rings is 1. The van der Waals surface area contributed by atoms with Gasteiger partial charge in [-0.3, -0.25) is 0 Å². The fourth-order valence-electron chi connectivity index (χ4n) is 1.30. The van der Waals surface area contributed by atoms with E-state index in [4.69, 9.17) is 4.74 Å². The van der Waals surface area contributed by atoms with Crippen molar-refractivity contribution in [3.63, 3.8) is 0 Å². The third kappa shape index (κ3) is 2.18. The Bertz CT molecular complexity index is 496. The van der Waals surface area contributed by atoms with Crippen LogP contribution in [-0.2, 0) is 13.7 Å². The Hall–Kier alpha value is -1.91. The van der Waals surface area contributed by atoms with Gasteiger partial charge < -0.3 is 9.30 Å². The van der Waals surface area contributed by atoms with Crippen LogP contribution in [0, 0.1) is 12.7 Å². The van der Waals surface area contributed by atoms with Crippen LogP contribution in [-0.4, -0.2) is 14.8 Å². The molecule has 1 aromatic heterocycles. The molecule has 0 aliphatic rings. The zero-order valence-electron chi connectivity index (χ0n) is 9.14. The number of aromatic nitrogens is 3. The first-order valence-corrected chi connectivity index (χ1v) is 4.88. The lowest BCUT2D eigenvalue weighted by molar-refractivity contribution is 0.276. The van der Waals surface area contributed by atoms with E-state index in [2.05, 4.69) is 10.2 Å². The summed E-state index contributed by atoms with van der Waals surface area (Å²) >= 11 is 0. The molecule has 0 atom stereocenters. The molecule has 0 N–H and O–H groups in total. The van der Waals surface area contributed by atoms with Crippen molar-refractivity contribution in [2.75, 3.05) is 0 Å². The molecule has 1 aromatic carbocycles. The Morgan fingerprint density at radius 3 is 2.94 bits per heavy atom. The second-order valence-electron chi connectivity index (χ2n) is 3.58. The number of hydrogen-bond donors (Lipinski definition) is 0. The summed E-state index contributed by atoms with van der Waals surface area (Å²) in [5.41, 5.74) is 0.953. The molecule has 0 spiro atoms. The fraction of sp³-hybridized carbons (Fsp3) is 0.273. The highest BCUT2D eigenvalue weighted by Crippen LogP contribution is 2.19. The standard InChI is InChI=1S/C11H12FN3O/c1-8-3-4-9(12)10(5-8)16-6-11-14-13-7-15(11)2/h3-5,7H,6H2,1-2H3. The lowest BCUT2D eigenvalue weighted by Crippen LogP contribution is -2.04. The average Bonchev–Trinajstić information content (AvgIpc) is 2.66. The molecule has 0 saturated heterocycles. The van der Waals surface area contributed by atoms with Crippen LogP contribution in [0.5, 0.6) is 5.75 Å². The third-order valence-corrected chi connectivity index (χ3v) is 2.25. The lowest BCUT2D eigenvalue weighted by Gasteiger charge is -2.07. The first kappa shape index (κ1) is 10.6. The number of hydrogen-bond acceptors (Lipinski definition) is 3. The lowest BCUT2D eigenvalue weighted by atomic mass is 10.2. The monoisotopic (exact) mass is 221 g/mol. The Morgan fingerprint density at radius 1 is 1.44 bits per heavy atom. The number of rotatable bonds is 3. The molecule has 1 heterocycles. The SMILES string of the molecule is Cc1ccc(F)c(OCc2nncn2C)c1. The molecule has 0 saturated carbocycles. The molecular formula is C11H12FN3O. The van der Waals surface area contributed by atoms with Gasteiger partial charge in [-0.2, -0.15) is 0 Å². The second kappa shape index (κ2) is 4.30. The maximum Gasteiger partial charge on any atom is 0.170 e. The van der Waals surface area contributed by atoms with Crippen LogP contribution in [0.15, 0.2) is 24.5 Å². The first-order chi connectivity index (χ1) is 7.66. The van der Waals surface area contributed by atoms with Crippen LogP contribution in [0.4, 0.5) is 4.39 Å². The molecule has 16 heavy (non-hydrogen) atoms. The molecule has 2 aromatic rings. The van der Waals surface area contributed by atoms with Crippen molar-refractivity contribution >= 4 is 0 Å². The van der Waals surface area contributed by atoms with Crippen molar-refractivity contribution in [2.24, 2.45) is 7.05 Å². The van der Waals surface area contributed by atoms with E-state index in [1.54, 1.807) is 23.0 Å². The molecule has 2 rings (SSSR count).